The van der Waals surface area contributed by atoms with Crippen molar-refractivity contribution in [2.75, 3.05) is 13.6 Å². The molecular weight excluding hydrogens is 330 g/mol. The number of aromatic nitrogens is 2. The smallest absolute Gasteiger partial charge is 0.191 e. The highest BCUT2D eigenvalue weighted by molar-refractivity contribution is 7.09. The van der Waals surface area contributed by atoms with Crippen LogP contribution >= 0.6 is 22.9 Å². The number of rotatable bonds is 6. The summed E-state index contributed by atoms with van der Waals surface area (Å²) >= 11 is 7.45. The summed E-state index contributed by atoms with van der Waals surface area (Å²) in [5.41, 5.74) is 2.28. The molecule has 7 heteroatoms. The Kier molecular flexibility index (Phi) is 6.80. The van der Waals surface area contributed by atoms with Crippen molar-refractivity contribution >= 4 is 28.9 Å². The van der Waals surface area contributed by atoms with Crippen LogP contribution in [-0.2, 0) is 13.0 Å². The monoisotopic (exact) mass is 351 g/mol. The summed E-state index contributed by atoms with van der Waals surface area (Å²) in [7, 11) is 1.76. The maximum absolute atomic E-state index is 5.78. The molecule has 0 amide bonds. The SMILES string of the molecule is CN=C(NCCc1ccc(Cl)nc1)NCc1nc(C(C)C)cs1. The molecule has 0 atom stereocenters. The first-order valence-electron chi connectivity index (χ1n) is 7.57. The first kappa shape index (κ1) is 17.7. The minimum Gasteiger partial charge on any atom is -0.356 e. The molecule has 2 aromatic heterocycles. The number of nitrogens with zero attached hydrogens (tertiary/aromatic N) is 3. The molecule has 2 rings (SSSR count). The van der Waals surface area contributed by atoms with Gasteiger partial charge in [-0.2, -0.15) is 0 Å². The minimum atomic E-state index is 0.463. The van der Waals surface area contributed by atoms with Gasteiger partial charge in [0.2, 0.25) is 0 Å². The van der Waals surface area contributed by atoms with Crippen molar-refractivity contribution in [1.82, 2.24) is 20.6 Å². The van der Waals surface area contributed by atoms with Gasteiger partial charge in [-0.05, 0) is 24.0 Å². The molecule has 124 valence electrons. The zero-order valence-electron chi connectivity index (χ0n) is 13.6. The fraction of sp³-hybridized carbons (Fsp3) is 0.438. The van der Waals surface area contributed by atoms with Gasteiger partial charge < -0.3 is 10.6 Å². The van der Waals surface area contributed by atoms with Crippen LogP contribution in [0.15, 0.2) is 28.7 Å². The number of hydrogen-bond acceptors (Lipinski definition) is 4. The summed E-state index contributed by atoms with van der Waals surface area (Å²) in [6.07, 6.45) is 2.66. The Morgan fingerprint density at radius 3 is 2.78 bits per heavy atom. The molecule has 2 N–H and O–H groups in total. The second-order valence-electron chi connectivity index (χ2n) is 5.41. The highest BCUT2D eigenvalue weighted by Gasteiger charge is 2.06. The zero-order chi connectivity index (χ0) is 16.7. The highest BCUT2D eigenvalue weighted by atomic mass is 35.5. The van der Waals surface area contributed by atoms with Crippen LogP contribution < -0.4 is 10.6 Å². The van der Waals surface area contributed by atoms with Gasteiger partial charge in [-0.3, -0.25) is 4.99 Å². The van der Waals surface area contributed by atoms with Crippen molar-refractivity contribution in [1.29, 1.82) is 0 Å². The fourth-order valence-electron chi connectivity index (χ4n) is 1.93. The molecule has 0 fully saturated rings. The third-order valence-electron chi connectivity index (χ3n) is 3.29. The van der Waals surface area contributed by atoms with Crippen LogP contribution in [0.2, 0.25) is 5.15 Å². The minimum absolute atomic E-state index is 0.463. The van der Waals surface area contributed by atoms with Gasteiger partial charge in [0.1, 0.15) is 10.2 Å². The van der Waals surface area contributed by atoms with Crippen LogP contribution in [0.5, 0.6) is 0 Å². The Labute approximate surface area is 146 Å². The maximum atomic E-state index is 5.78. The molecule has 0 bridgehead atoms. The normalized spacial score (nSPS) is 11.8. The molecule has 0 saturated carbocycles. The highest BCUT2D eigenvalue weighted by Crippen LogP contribution is 2.17. The number of thiazole rings is 1. The van der Waals surface area contributed by atoms with Gasteiger partial charge in [0.25, 0.3) is 0 Å². The Hall–Kier alpha value is -1.66. The van der Waals surface area contributed by atoms with Gasteiger partial charge in [-0.25, -0.2) is 9.97 Å². The van der Waals surface area contributed by atoms with Gasteiger partial charge >= 0.3 is 0 Å². The average molecular weight is 352 g/mol. The van der Waals surface area contributed by atoms with Crippen molar-refractivity contribution in [3.63, 3.8) is 0 Å². The lowest BCUT2D eigenvalue weighted by Gasteiger charge is -2.10. The predicted molar refractivity (Wildman–Crippen MR) is 97.4 cm³/mol. The van der Waals surface area contributed by atoms with Crippen molar-refractivity contribution in [2.45, 2.75) is 32.7 Å². The van der Waals surface area contributed by atoms with E-state index in [2.05, 4.69) is 44.8 Å². The van der Waals surface area contributed by atoms with E-state index in [0.717, 1.165) is 35.2 Å². The van der Waals surface area contributed by atoms with Crippen molar-refractivity contribution in [3.8, 4) is 0 Å². The molecule has 0 saturated heterocycles. The largest absolute Gasteiger partial charge is 0.356 e. The lowest BCUT2D eigenvalue weighted by atomic mass is 10.2. The third-order valence-corrected chi connectivity index (χ3v) is 4.38. The molecule has 0 aliphatic heterocycles. The number of nitrogens with one attached hydrogen (secondary N) is 2. The second kappa shape index (κ2) is 8.84. The molecule has 23 heavy (non-hydrogen) atoms. The van der Waals surface area contributed by atoms with E-state index < -0.39 is 0 Å². The van der Waals surface area contributed by atoms with Gasteiger partial charge in [-0.15, -0.1) is 11.3 Å². The molecule has 0 radical (unpaired) electrons. The fourth-order valence-corrected chi connectivity index (χ4v) is 2.94. The Morgan fingerprint density at radius 2 is 2.17 bits per heavy atom. The quantitative estimate of drug-likeness (QED) is 0.476. The van der Waals surface area contributed by atoms with Crippen LogP contribution in [0.3, 0.4) is 0 Å². The van der Waals surface area contributed by atoms with E-state index in [1.54, 1.807) is 30.6 Å². The van der Waals surface area contributed by atoms with Crippen molar-refractivity contribution in [2.24, 2.45) is 4.99 Å². The van der Waals surface area contributed by atoms with E-state index in [9.17, 15) is 0 Å². The van der Waals surface area contributed by atoms with Crippen LogP contribution in [0.4, 0.5) is 0 Å². The van der Waals surface area contributed by atoms with E-state index in [-0.39, 0.29) is 0 Å². The Balaban J connectivity index is 1.75. The van der Waals surface area contributed by atoms with E-state index in [1.165, 1.54) is 0 Å². The van der Waals surface area contributed by atoms with Crippen molar-refractivity contribution < 1.29 is 0 Å². The number of guanidine groups is 1. The molecule has 0 aliphatic rings. The standard InChI is InChI=1S/C16H22ClN5S/c1-11(2)13-10-23-15(22-13)9-21-16(18-3)19-7-6-12-4-5-14(17)20-8-12/h4-5,8,10-11H,6-7,9H2,1-3H3,(H2,18,19,21). The van der Waals surface area contributed by atoms with Gasteiger partial charge in [-0.1, -0.05) is 31.5 Å². The van der Waals surface area contributed by atoms with Crippen LogP contribution in [0, 0.1) is 0 Å². The lowest BCUT2D eigenvalue weighted by Crippen LogP contribution is -2.37. The molecule has 0 spiro atoms. The topological polar surface area (TPSA) is 62.2 Å². The first-order chi connectivity index (χ1) is 11.1. The molecule has 0 aromatic carbocycles. The van der Waals surface area contributed by atoms with E-state index >= 15 is 0 Å². The Bertz CT molecular complexity index is 636. The summed E-state index contributed by atoms with van der Waals surface area (Å²) in [6, 6.07) is 3.79. The molecule has 0 aliphatic carbocycles. The molecule has 2 heterocycles. The van der Waals surface area contributed by atoms with Gasteiger partial charge in [0.15, 0.2) is 5.96 Å². The molecular formula is C16H22ClN5S. The summed E-state index contributed by atoms with van der Waals surface area (Å²) in [5, 5.41) is 10.3. The molecule has 2 aromatic rings. The summed E-state index contributed by atoms with van der Waals surface area (Å²) in [4.78, 5) is 12.9. The van der Waals surface area contributed by atoms with Crippen LogP contribution in [0.25, 0.3) is 0 Å². The second-order valence-corrected chi connectivity index (χ2v) is 6.74. The lowest BCUT2D eigenvalue weighted by molar-refractivity contribution is 0.777. The zero-order valence-corrected chi connectivity index (χ0v) is 15.2. The van der Waals surface area contributed by atoms with Gasteiger partial charge in [0, 0.05) is 25.2 Å². The predicted octanol–water partition coefficient (Wildman–Crippen LogP) is 3.22. The Morgan fingerprint density at radius 1 is 1.35 bits per heavy atom. The van der Waals surface area contributed by atoms with E-state index in [0.29, 0.717) is 17.6 Å². The first-order valence-corrected chi connectivity index (χ1v) is 8.83. The average Bonchev–Trinajstić information content (AvgIpc) is 3.01. The number of pyridine rings is 1. The van der Waals surface area contributed by atoms with Crippen molar-refractivity contribution in [3.05, 3.63) is 45.1 Å². The van der Waals surface area contributed by atoms with Crippen LogP contribution in [-0.4, -0.2) is 29.5 Å². The summed E-state index contributed by atoms with van der Waals surface area (Å²) < 4.78 is 0. The number of halogens is 1. The molecule has 5 nitrogen and oxygen atoms in total. The van der Waals surface area contributed by atoms with Gasteiger partial charge in [0.05, 0.1) is 12.2 Å². The molecule has 0 unspecified atom stereocenters. The number of aliphatic imine (C=N–C) groups is 1. The van der Waals surface area contributed by atoms with E-state index in [4.69, 9.17) is 11.6 Å². The summed E-state index contributed by atoms with van der Waals surface area (Å²) in [6.45, 7) is 5.76. The third kappa shape index (κ3) is 5.80. The summed E-state index contributed by atoms with van der Waals surface area (Å²) in [5.74, 6) is 1.23. The number of hydrogen-bond donors (Lipinski definition) is 2. The van der Waals surface area contributed by atoms with E-state index in [1.807, 2.05) is 6.07 Å². The van der Waals surface area contributed by atoms with Crippen LogP contribution in [0.1, 0.15) is 36.0 Å². The maximum Gasteiger partial charge on any atom is 0.191 e.